The minimum Gasteiger partial charge on any atom is -0.335 e. The molecule has 1 saturated heterocycles. The fourth-order valence-corrected chi connectivity index (χ4v) is 5.91. The second-order valence-corrected chi connectivity index (χ2v) is 10.0. The van der Waals surface area contributed by atoms with Crippen molar-refractivity contribution in [2.75, 3.05) is 13.1 Å². The van der Waals surface area contributed by atoms with Crippen molar-refractivity contribution in [1.29, 1.82) is 0 Å². The first kappa shape index (κ1) is 20.1. The summed E-state index contributed by atoms with van der Waals surface area (Å²) in [6, 6.07) is 0. The second-order valence-electron chi connectivity index (χ2n) is 8.17. The van der Waals surface area contributed by atoms with Gasteiger partial charge in [0.1, 0.15) is 4.90 Å². The summed E-state index contributed by atoms with van der Waals surface area (Å²) in [5.74, 6) is 0. The van der Waals surface area contributed by atoms with Gasteiger partial charge in [-0.2, -0.15) is 9.40 Å². The Hall–Kier alpha value is -1.67. The molecule has 1 aliphatic rings. The van der Waals surface area contributed by atoms with Crippen LogP contribution >= 0.6 is 0 Å². The van der Waals surface area contributed by atoms with Crippen LogP contribution in [0.2, 0.25) is 0 Å². The highest BCUT2D eigenvalue weighted by Crippen LogP contribution is 2.38. The van der Waals surface area contributed by atoms with Gasteiger partial charge in [0.25, 0.3) is 0 Å². The molecule has 7 nitrogen and oxygen atoms in total. The summed E-state index contributed by atoms with van der Waals surface area (Å²) in [4.78, 5) is 4.55. The Morgan fingerprint density at radius 2 is 1.85 bits per heavy atom. The van der Waals surface area contributed by atoms with Crippen LogP contribution in [0.15, 0.2) is 17.4 Å². The number of hydrogen-bond acceptors (Lipinski definition) is 4. The first-order chi connectivity index (χ1) is 12.6. The molecule has 1 fully saturated rings. The van der Waals surface area contributed by atoms with Gasteiger partial charge in [-0.1, -0.05) is 6.92 Å². The molecule has 3 rings (SSSR count). The smallest absolute Gasteiger partial charge is 0.246 e. The molecular formula is C19H31N5O2S. The summed E-state index contributed by atoms with van der Waals surface area (Å²) in [5.41, 5.74) is 2.67. The Labute approximate surface area is 162 Å². The molecule has 150 valence electrons. The quantitative estimate of drug-likeness (QED) is 0.756. The molecule has 8 heteroatoms. The maximum absolute atomic E-state index is 13.1. The molecule has 1 aliphatic heterocycles. The molecule has 2 aromatic rings. The molecule has 2 aromatic heterocycles. The van der Waals surface area contributed by atoms with Gasteiger partial charge in [0, 0.05) is 38.6 Å². The lowest BCUT2D eigenvalue weighted by molar-refractivity contribution is 0.157. The van der Waals surface area contributed by atoms with Crippen LogP contribution in [0.1, 0.15) is 49.7 Å². The molecule has 0 saturated carbocycles. The molecule has 0 N–H and O–H groups in total. The van der Waals surface area contributed by atoms with E-state index in [0.29, 0.717) is 29.4 Å². The van der Waals surface area contributed by atoms with E-state index in [0.717, 1.165) is 32.2 Å². The molecule has 0 spiro atoms. The third-order valence-electron chi connectivity index (χ3n) is 6.07. The maximum Gasteiger partial charge on any atom is 0.246 e. The Morgan fingerprint density at radius 1 is 1.19 bits per heavy atom. The number of aromatic nitrogens is 4. The van der Waals surface area contributed by atoms with Crippen molar-refractivity contribution in [3.05, 3.63) is 29.6 Å². The van der Waals surface area contributed by atoms with Gasteiger partial charge in [0.05, 0.1) is 17.7 Å². The van der Waals surface area contributed by atoms with Crippen molar-refractivity contribution in [1.82, 2.24) is 23.6 Å². The van der Waals surface area contributed by atoms with Gasteiger partial charge >= 0.3 is 0 Å². The predicted octanol–water partition coefficient (Wildman–Crippen LogP) is 2.81. The molecule has 0 aliphatic carbocycles. The summed E-state index contributed by atoms with van der Waals surface area (Å²) in [7, 11) is -1.69. The highest BCUT2D eigenvalue weighted by molar-refractivity contribution is 7.89. The van der Waals surface area contributed by atoms with Crippen molar-refractivity contribution >= 4 is 10.0 Å². The number of nitrogens with zero attached hydrogens (tertiary/aromatic N) is 5. The zero-order valence-corrected chi connectivity index (χ0v) is 17.9. The van der Waals surface area contributed by atoms with Crippen LogP contribution in [0.3, 0.4) is 0 Å². The minimum atomic E-state index is -3.48. The monoisotopic (exact) mass is 393 g/mol. The fourth-order valence-electron chi connectivity index (χ4n) is 4.07. The van der Waals surface area contributed by atoms with Crippen LogP contribution < -0.4 is 0 Å². The highest BCUT2D eigenvalue weighted by atomic mass is 32.2. The van der Waals surface area contributed by atoms with Crippen molar-refractivity contribution in [3.63, 3.8) is 0 Å². The molecule has 0 unspecified atom stereocenters. The lowest BCUT2D eigenvalue weighted by atomic mass is 9.77. The van der Waals surface area contributed by atoms with Crippen LogP contribution in [0.25, 0.3) is 0 Å². The average molecular weight is 394 g/mol. The van der Waals surface area contributed by atoms with E-state index in [1.165, 1.54) is 5.69 Å². The van der Waals surface area contributed by atoms with Crippen molar-refractivity contribution in [2.45, 2.75) is 64.8 Å². The number of piperidine rings is 1. The van der Waals surface area contributed by atoms with Crippen molar-refractivity contribution in [2.24, 2.45) is 12.5 Å². The van der Waals surface area contributed by atoms with Gasteiger partial charge in [0.15, 0.2) is 0 Å². The molecular weight excluding hydrogens is 362 g/mol. The topological polar surface area (TPSA) is 73.0 Å². The van der Waals surface area contributed by atoms with Crippen molar-refractivity contribution in [3.8, 4) is 0 Å². The minimum absolute atomic E-state index is 0.194. The van der Waals surface area contributed by atoms with Crippen LogP contribution in [-0.4, -0.2) is 45.1 Å². The van der Waals surface area contributed by atoms with Gasteiger partial charge in [0.2, 0.25) is 10.0 Å². The number of rotatable bonds is 6. The van der Waals surface area contributed by atoms with E-state index in [1.807, 2.05) is 19.4 Å². The molecule has 0 amide bonds. The molecule has 27 heavy (non-hydrogen) atoms. The van der Waals surface area contributed by atoms with Gasteiger partial charge < -0.3 is 4.57 Å². The Morgan fingerprint density at radius 3 is 2.37 bits per heavy atom. The zero-order valence-electron chi connectivity index (χ0n) is 17.1. The number of aryl methyl sites for hydroxylation is 4. The Balaban J connectivity index is 1.61. The van der Waals surface area contributed by atoms with E-state index in [4.69, 9.17) is 0 Å². The van der Waals surface area contributed by atoms with Gasteiger partial charge in [-0.05, 0) is 51.9 Å². The third kappa shape index (κ3) is 3.96. The summed E-state index contributed by atoms with van der Waals surface area (Å²) in [6.07, 6.45) is 7.74. The zero-order chi connectivity index (χ0) is 19.8. The van der Waals surface area contributed by atoms with Crippen LogP contribution in [0.4, 0.5) is 0 Å². The van der Waals surface area contributed by atoms with E-state index in [1.54, 1.807) is 23.0 Å². The first-order valence-electron chi connectivity index (χ1n) is 9.61. The first-order valence-corrected chi connectivity index (χ1v) is 11.1. The second kappa shape index (κ2) is 7.39. The number of sulfonamides is 1. The lowest BCUT2D eigenvalue weighted by Gasteiger charge is -2.39. The van der Waals surface area contributed by atoms with Gasteiger partial charge in [-0.3, -0.25) is 4.68 Å². The molecule has 0 aromatic carbocycles. The summed E-state index contributed by atoms with van der Waals surface area (Å²) in [5, 5.41) is 4.28. The highest BCUT2D eigenvalue weighted by Gasteiger charge is 2.37. The van der Waals surface area contributed by atoms with Gasteiger partial charge in [-0.25, -0.2) is 13.4 Å². The largest absolute Gasteiger partial charge is 0.335 e. The molecule has 0 radical (unpaired) electrons. The third-order valence-corrected chi connectivity index (χ3v) is 8.22. The Kier molecular flexibility index (Phi) is 5.49. The maximum atomic E-state index is 13.1. The van der Waals surface area contributed by atoms with Crippen molar-refractivity contribution < 1.29 is 8.42 Å². The van der Waals surface area contributed by atoms with Crippen LogP contribution in [-0.2, 0) is 23.6 Å². The average Bonchev–Trinajstić information content (AvgIpc) is 3.11. The van der Waals surface area contributed by atoms with E-state index in [9.17, 15) is 8.42 Å². The molecule has 3 heterocycles. The SMILES string of the molecule is Cc1nn(C)c(C)c1S(=O)(=O)N1CCC(C)(CCCn2cncc2C)CC1. The summed E-state index contributed by atoms with van der Waals surface area (Å²) < 4.78 is 31.7. The number of imidazole rings is 1. The predicted molar refractivity (Wildman–Crippen MR) is 105 cm³/mol. The standard InChI is InChI=1S/C19H31N5O2S/c1-15-13-20-14-23(15)10-6-7-19(4)8-11-24(12-9-19)27(25,26)18-16(2)21-22(5)17(18)3/h13-14H,6-12H2,1-5H3. The molecule has 0 bridgehead atoms. The lowest BCUT2D eigenvalue weighted by Crippen LogP contribution is -2.42. The fraction of sp³-hybridized carbons (Fsp3) is 0.684. The van der Waals surface area contributed by atoms with E-state index in [-0.39, 0.29) is 5.41 Å². The van der Waals surface area contributed by atoms with E-state index >= 15 is 0 Å². The van der Waals surface area contributed by atoms with E-state index in [2.05, 4.69) is 28.5 Å². The Bertz CT molecular complexity index is 905. The van der Waals surface area contributed by atoms with Crippen LogP contribution in [0.5, 0.6) is 0 Å². The van der Waals surface area contributed by atoms with Gasteiger partial charge in [-0.15, -0.1) is 0 Å². The molecule has 0 atom stereocenters. The summed E-state index contributed by atoms with van der Waals surface area (Å²) >= 11 is 0. The van der Waals surface area contributed by atoms with E-state index < -0.39 is 10.0 Å². The summed E-state index contributed by atoms with van der Waals surface area (Å²) in [6.45, 7) is 10.1. The number of hydrogen-bond donors (Lipinski definition) is 0. The van der Waals surface area contributed by atoms with Crippen LogP contribution in [0, 0.1) is 26.2 Å². The normalized spacial score (nSPS) is 18.1.